The van der Waals surface area contributed by atoms with E-state index < -0.39 is 42.5 Å². The number of para-hydroxylation sites is 1. The number of ether oxygens (including phenoxy) is 2. The highest BCUT2D eigenvalue weighted by Crippen LogP contribution is 2.36. The Morgan fingerprint density at radius 1 is 1.12 bits per heavy atom. The van der Waals surface area contributed by atoms with Gasteiger partial charge in [-0.15, -0.1) is 0 Å². The number of esters is 1. The van der Waals surface area contributed by atoms with Crippen LogP contribution >= 0.6 is 0 Å². The van der Waals surface area contributed by atoms with Crippen LogP contribution in [0.25, 0.3) is 21.9 Å². The van der Waals surface area contributed by atoms with Crippen LogP contribution < -0.4 is 15.4 Å². The summed E-state index contributed by atoms with van der Waals surface area (Å²) in [6.07, 6.45) is 0. The van der Waals surface area contributed by atoms with Crippen molar-refractivity contribution in [3.05, 3.63) is 36.4 Å². The fraction of sp³-hybridized carbons (Fsp3) is 0.273. The van der Waals surface area contributed by atoms with E-state index >= 15 is 0 Å². The first-order valence-electron chi connectivity index (χ1n) is 9.78. The molecule has 0 spiro atoms. The lowest BCUT2D eigenvalue weighted by Crippen LogP contribution is -2.41. The zero-order valence-electron chi connectivity index (χ0n) is 17.7. The smallest absolute Gasteiger partial charge is 0.326 e. The second-order valence-electron chi connectivity index (χ2n) is 7.80. The summed E-state index contributed by atoms with van der Waals surface area (Å²) in [5.74, 6) is -1.65. The fourth-order valence-electron chi connectivity index (χ4n) is 3.49. The Morgan fingerprint density at radius 3 is 2.56 bits per heavy atom. The van der Waals surface area contributed by atoms with Crippen molar-refractivity contribution in [2.75, 3.05) is 25.6 Å². The number of fused-ring (bicyclic) bond motifs is 3. The van der Waals surface area contributed by atoms with Crippen LogP contribution in [0, 0.1) is 0 Å². The monoisotopic (exact) mass is 439 g/mol. The quantitative estimate of drug-likeness (QED) is 0.446. The summed E-state index contributed by atoms with van der Waals surface area (Å²) >= 11 is 0. The van der Waals surface area contributed by atoms with Gasteiger partial charge in [0, 0.05) is 16.8 Å². The minimum absolute atomic E-state index is 0.343. The molecule has 10 nitrogen and oxygen atoms in total. The Hall–Kier alpha value is -4.08. The summed E-state index contributed by atoms with van der Waals surface area (Å²) < 4.78 is 16.1. The van der Waals surface area contributed by atoms with Gasteiger partial charge >= 0.3 is 12.0 Å². The minimum Gasteiger partial charge on any atom is -0.495 e. The van der Waals surface area contributed by atoms with E-state index in [2.05, 4.69) is 10.6 Å². The molecule has 3 aromatic rings. The van der Waals surface area contributed by atoms with E-state index in [1.54, 1.807) is 12.1 Å². The van der Waals surface area contributed by atoms with Crippen molar-refractivity contribution in [1.29, 1.82) is 0 Å². The highest BCUT2D eigenvalue weighted by Gasteiger charge is 2.45. The normalized spacial score (nSPS) is 15.2. The predicted molar refractivity (Wildman–Crippen MR) is 114 cm³/mol. The summed E-state index contributed by atoms with van der Waals surface area (Å²) in [6.45, 7) is 1.86. The van der Waals surface area contributed by atoms with Crippen molar-refractivity contribution >= 4 is 51.4 Å². The lowest BCUT2D eigenvalue weighted by molar-refractivity contribution is -0.150. The molecule has 1 fully saturated rings. The zero-order chi connectivity index (χ0) is 23.0. The van der Waals surface area contributed by atoms with E-state index in [1.807, 2.05) is 24.3 Å². The van der Waals surface area contributed by atoms with Crippen molar-refractivity contribution in [3.63, 3.8) is 0 Å². The molecule has 2 heterocycles. The number of nitrogens with zero attached hydrogens (tertiary/aromatic N) is 1. The Kier molecular flexibility index (Phi) is 5.21. The van der Waals surface area contributed by atoms with Crippen molar-refractivity contribution in [3.8, 4) is 5.75 Å². The molecule has 0 atom stereocenters. The molecular formula is C22H21N3O7. The van der Waals surface area contributed by atoms with Gasteiger partial charge in [-0.2, -0.15) is 0 Å². The van der Waals surface area contributed by atoms with E-state index in [4.69, 9.17) is 13.9 Å². The van der Waals surface area contributed by atoms with E-state index in [9.17, 15) is 19.2 Å². The minimum atomic E-state index is -1.10. The topological polar surface area (TPSA) is 127 Å². The van der Waals surface area contributed by atoms with Crippen LogP contribution in [0.5, 0.6) is 5.75 Å². The van der Waals surface area contributed by atoms with Gasteiger partial charge in [-0.25, -0.2) is 4.79 Å². The van der Waals surface area contributed by atoms with Crippen molar-refractivity contribution in [1.82, 2.24) is 10.2 Å². The molecule has 1 aromatic heterocycles. The largest absolute Gasteiger partial charge is 0.495 e. The number of benzene rings is 2. The molecule has 1 aliphatic heterocycles. The maximum Gasteiger partial charge on any atom is 0.326 e. The van der Waals surface area contributed by atoms with Gasteiger partial charge in [-0.3, -0.25) is 19.3 Å². The van der Waals surface area contributed by atoms with Gasteiger partial charge in [0.1, 0.15) is 29.0 Å². The molecule has 4 rings (SSSR count). The zero-order valence-corrected chi connectivity index (χ0v) is 17.7. The van der Waals surface area contributed by atoms with Crippen LogP contribution in [0.15, 0.2) is 40.8 Å². The summed E-state index contributed by atoms with van der Waals surface area (Å²) in [6, 6.07) is 10.2. The number of methoxy groups -OCH3 is 1. The van der Waals surface area contributed by atoms with Gasteiger partial charge in [0.2, 0.25) is 0 Å². The molecule has 1 saturated heterocycles. The molecule has 0 aliphatic carbocycles. The van der Waals surface area contributed by atoms with Crippen LogP contribution in [0.3, 0.4) is 0 Å². The maximum absolute atomic E-state index is 12.3. The molecule has 0 bridgehead atoms. The van der Waals surface area contributed by atoms with Crippen molar-refractivity contribution < 1.29 is 33.1 Å². The molecule has 10 heteroatoms. The molecule has 1 aliphatic rings. The number of furan rings is 1. The third-order valence-electron chi connectivity index (χ3n) is 5.07. The molecular weight excluding hydrogens is 418 g/mol. The third kappa shape index (κ3) is 3.82. The van der Waals surface area contributed by atoms with Gasteiger partial charge in [0.05, 0.1) is 12.8 Å². The van der Waals surface area contributed by atoms with Crippen LogP contribution in [-0.4, -0.2) is 54.5 Å². The third-order valence-corrected chi connectivity index (χ3v) is 5.07. The average Bonchev–Trinajstić information content (AvgIpc) is 3.20. The fourth-order valence-corrected chi connectivity index (χ4v) is 3.49. The molecule has 2 aromatic carbocycles. The molecule has 0 radical (unpaired) electrons. The van der Waals surface area contributed by atoms with Crippen molar-refractivity contribution in [2.24, 2.45) is 0 Å². The number of imide groups is 1. The lowest BCUT2D eigenvalue weighted by atomic mass is 10.1. The van der Waals surface area contributed by atoms with Gasteiger partial charge in [-0.1, -0.05) is 18.2 Å². The SMILES string of the molecule is COc1cc2c(cc1NC(=O)COC(=O)CN1C(=O)NC(C)(C)C1=O)oc1ccccc12. The number of carbonyl (C=O) groups is 4. The predicted octanol–water partition coefficient (Wildman–Crippen LogP) is 2.41. The number of urea groups is 1. The second kappa shape index (κ2) is 7.88. The highest BCUT2D eigenvalue weighted by molar-refractivity contribution is 6.09. The second-order valence-corrected chi connectivity index (χ2v) is 7.80. The molecule has 4 amide bonds. The molecule has 0 unspecified atom stereocenters. The van der Waals surface area contributed by atoms with Crippen LogP contribution in [0.1, 0.15) is 13.8 Å². The Bertz CT molecular complexity index is 1260. The Morgan fingerprint density at radius 2 is 1.88 bits per heavy atom. The Balaban J connectivity index is 1.41. The number of nitrogens with one attached hydrogen (secondary N) is 2. The molecule has 2 N–H and O–H groups in total. The van der Waals surface area contributed by atoms with Gasteiger partial charge in [0.25, 0.3) is 11.8 Å². The standard InChI is InChI=1S/C22H21N3O7/c1-22(2)20(28)25(21(29)24-22)10-19(27)31-11-18(26)23-14-9-16-13(8-17(14)30-3)12-6-4-5-7-15(12)32-16/h4-9H,10-11H2,1-3H3,(H,23,26)(H,24,29). The molecule has 0 saturated carbocycles. The number of rotatable bonds is 6. The van der Waals surface area contributed by atoms with Gasteiger partial charge in [-0.05, 0) is 26.0 Å². The maximum atomic E-state index is 12.3. The summed E-state index contributed by atoms with van der Waals surface area (Å²) in [4.78, 5) is 49.1. The highest BCUT2D eigenvalue weighted by atomic mass is 16.5. The molecule has 32 heavy (non-hydrogen) atoms. The van der Waals surface area contributed by atoms with Crippen molar-refractivity contribution in [2.45, 2.75) is 19.4 Å². The summed E-state index contributed by atoms with van der Waals surface area (Å²) in [5, 5.41) is 6.82. The van der Waals surface area contributed by atoms with Crippen LogP contribution in [-0.2, 0) is 19.1 Å². The number of carbonyl (C=O) groups excluding carboxylic acids is 4. The average molecular weight is 439 g/mol. The first-order valence-corrected chi connectivity index (χ1v) is 9.78. The molecule has 166 valence electrons. The first kappa shape index (κ1) is 21.2. The summed E-state index contributed by atoms with van der Waals surface area (Å²) in [5.41, 5.74) is 0.502. The van der Waals surface area contributed by atoms with Gasteiger partial charge < -0.3 is 24.5 Å². The van der Waals surface area contributed by atoms with Gasteiger partial charge in [0.15, 0.2) is 6.61 Å². The number of hydrogen-bond acceptors (Lipinski definition) is 7. The lowest BCUT2D eigenvalue weighted by Gasteiger charge is -2.15. The summed E-state index contributed by atoms with van der Waals surface area (Å²) in [7, 11) is 1.47. The number of amides is 4. The number of anilines is 1. The van der Waals surface area contributed by atoms with E-state index in [-0.39, 0.29) is 0 Å². The van der Waals surface area contributed by atoms with E-state index in [0.29, 0.717) is 22.6 Å². The van der Waals surface area contributed by atoms with E-state index in [1.165, 1.54) is 21.0 Å². The number of hydrogen-bond donors (Lipinski definition) is 2. The van der Waals surface area contributed by atoms with Crippen LogP contribution in [0.2, 0.25) is 0 Å². The first-order chi connectivity index (χ1) is 15.2. The van der Waals surface area contributed by atoms with Crippen LogP contribution in [0.4, 0.5) is 10.5 Å². The Labute approximate surface area is 182 Å². The van der Waals surface area contributed by atoms with E-state index in [0.717, 1.165) is 15.7 Å².